The Hall–Kier alpha value is -3.10. The van der Waals surface area contributed by atoms with Crippen LogP contribution in [0.5, 0.6) is 0 Å². The summed E-state index contributed by atoms with van der Waals surface area (Å²) in [6.45, 7) is 3.44. The minimum atomic E-state index is -0.484. The van der Waals surface area contributed by atoms with Crippen molar-refractivity contribution in [2.24, 2.45) is 0 Å². The fourth-order valence-corrected chi connectivity index (χ4v) is 4.75. The summed E-state index contributed by atoms with van der Waals surface area (Å²) in [6, 6.07) is 12.6. The van der Waals surface area contributed by atoms with Gasteiger partial charge in [0, 0.05) is 49.1 Å². The molecule has 1 atom stereocenters. The lowest BCUT2D eigenvalue weighted by Crippen LogP contribution is -2.48. The number of aromatic amines is 1. The predicted molar refractivity (Wildman–Crippen MR) is 127 cm³/mol. The first-order valence-corrected chi connectivity index (χ1v) is 11.6. The number of carbonyl (C=O) groups is 1. The van der Waals surface area contributed by atoms with E-state index in [1.54, 1.807) is 23.1 Å². The van der Waals surface area contributed by atoms with Gasteiger partial charge in [-0.05, 0) is 49.2 Å². The van der Waals surface area contributed by atoms with Crippen molar-refractivity contribution in [3.63, 3.8) is 0 Å². The molecule has 33 heavy (non-hydrogen) atoms. The highest BCUT2D eigenvalue weighted by atomic mass is 35.5. The van der Waals surface area contributed by atoms with Crippen LogP contribution in [-0.2, 0) is 11.3 Å². The van der Waals surface area contributed by atoms with E-state index in [0.717, 1.165) is 18.5 Å². The third-order valence-corrected chi connectivity index (χ3v) is 6.61. The molecule has 2 fully saturated rings. The molecule has 2 aromatic carbocycles. The van der Waals surface area contributed by atoms with Crippen molar-refractivity contribution in [2.75, 3.05) is 37.7 Å². The normalized spacial score (nSPS) is 18.8. The first kappa shape index (κ1) is 21.7. The Labute approximate surface area is 195 Å². The summed E-state index contributed by atoms with van der Waals surface area (Å²) in [5.74, 6) is -0.118. The molecule has 9 heteroatoms. The summed E-state index contributed by atoms with van der Waals surface area (Å²) < 4.78 is 6.75. The molecule has 0 unspecified atom stereocenters. The van der Waals surface area contributed by atoms with Crippen LogP contribution in [0.3, 0.4) is 0 Å². The van der Waals surface area contributed by atoms with Gasteiger partial charge in [0.05, 0.1) is 23.6 Å². The first-order chi connectivity index (χ1) is 16.0. The minimum absolute atomic E-state index is 0.118. The molecule has 2 aliphatic rings. The van der Waals surface area contributed by atoms with E-state index in [4.69, 9.17) is 16.3 Å². The topological polar surface area (TPSA) is 87.6 Å². The molecule has 3 heterocycles. The van der Waals surface area contributed by atoms with Gasteiger partial charge in [-0.2, -0.15) is 0 Å². The number of halogens is 1. The molecule has 2 saturated heterocycles. The monoisotopic (exact) mass is 468 g/mol. The molecule has 3 aromatic rings. The molecular formula is C24H25ClN4O4. The Morgan fingerprint density at radius 2 is 1.91 bits per heavy atom. The number of ether oxygens (including phenoxy) is 1. The van der Waals surface area contributed by atoms with E-state index >= 15 is 0 Å². The first-order valence-electron chi connectivity index (χ1n) is 11.2. The van der Waals surface area contributed by atoms with Gasteiger partial charge in [-0.3, -0.25) is 14.2 Å². The SMILES string of the molecule is O=C(c1ccc2c(=O)n(C[C@@H]3CCCO3)c(=O)[nH]c2c1)N1CCN(c2cccc(Cl)c2)CC1. The van der Waals surface area contributed by atoms with Crippen LogP contribution in [0.2, 0.25) is 5.02 Å². The van der Waals surface area contributed by atoms with Gasteiger partial charge < -0.3 is 19.5 Å². The summed E-state index contributed by atoms with van der Waals surface area (Å²) >= 11 is 6.10. The van der Waals surface area contributed by atoms with Crippen LogP contribution >= 0.6 is 11.6 Å². The number of H-pyrrole nitrogens is 1. The van der Waals surface area contributed by atoms with Gasteiger partial charge in [-0.15, -0.1) is 0 Å². The Balaban J connectivity index is 1.33. The molecule has 2 aliphatic heterocycles. The van der Waals surface area contributed by atoms with Crippen LogP contribution < -0.4 is 16.1 Å². The molecule has 1 aromatic heterocycles. The highest BCUT2D eigenvalue weighted by Crippen LogP contribution is 2.22. The fourth-order valence-electron chi connectivity index (χ4n) is 4.57. The van der Waals surface area contributed by atoms with Crippen molar-refractivity contribution in [1.29, 1.82) is 0 Å². The number of piperazine rings is 1. The second-order valence-corrected chi connectivity index (χ2v) is 8.94. The zero-order chi connectivity index (χ0) is 22.9. The molecule has 0 spiro atoms. The van der Waals surface area contributed by atoms with Crippen LogP contribution in [0.4, 0.5) is 5.69 Å². The summed E-state index contributed by atoms with van der Waals surface area (Å²) in [7, 11) is 0. The minimum Gasteiger partial charge on any atom is -0.376 e. The van der Waals surface area contributed by atoms with Crippen molar-refractivity contribution in [2.45, 2.75) is 25.5 Å². The molecule has 1 amide bonds. The average Bonchev–Trinajstić information content (AvgIpc) is 3.34. The predicted octanol–water partition coefficient (Wildman–Crippen LogP) is 2.48. The molecule has 0 aliphatic carbocycles. The van der Waals surface area contributed by atoms with Gasteiger partial charge in [0.15, 0.2) is 0 Å². The Bertz CT molecular complexity index is 1300. The molecule has 172 valence electrons. The third kappa shape index (κ3) is 4.41. The van der Waals surface area contributed by atoms with E-state index in [1.807, 2.05) is 24.3 Å². The van der Waals surface area contributed by atoms with Crippen LogP contribution in [0, 0.1) is 0 Å². The zero-order valence-corrected chi connectivity index (χ0v) is 18.9. The number of nitrogens with one attached hydrogen (secondary N) is 1. The summed E-state index contributed by atoms with van der Waals surface area (Å²) in [5.41, 5.74) is 1.01. The molecule has 5 rings (SSSR count). The number of hydrogen-bond acceptors (Lipinski definition) is 5. The molecule has 1 N–H and O–H groups in total. The van der Waals surface area contributed by atoms with Crippen molar-refractivity contribution in [1.82, 2.24) is 14.5 Å². The van der Waals surface area contributed by atoms with E-state index in [0.29, 0.717) is 54.3 Å². The molecular weight excluding hydrogens is 444 g/mol. The number of fused-ring (bicyclic) bond motifs is 1. The quantitative estimate of drug-likeness (QED) is 0.635. The number of amides is 1. The highest BCUT2D eigenvalue weighted by molar-refractivity contribution is 6.30. The Kier molecular flexibility index (Phi) is 5.95. The number of rotatable bonds is 4. The lowest BCUT2D eigenvalue weighted by molar-refractivity contribution is 0.0747. The average molecular weight is 469 g/mol. The van der Waals surface area contributed by atoms with E-state index in [9.17, 15) is 14.4 Å². The van der Waals surface area contributed by atoms with Crippen molar-refractivity contribution >= 4 is 34.1 Å². The van der Waals surface area contributed by atoms with E-state index in [2.05, 4.69) is 9.88 Å². The second-order valence-electron chi connectivity index (χ2n) is 8.50. The summed E-state index contributed by atoms with van der Waals surface area (Å²) in [4.78, 5) is 45.3. The van der Waals surface area contributed by atoms with E-state index < -0.39 is 5.69 Å². The lowest BCUT2D eigenvalue weighted by atomic mass is 10.1. The van der Waals surface area contributed by atoms with Gasteiger partial charge in [0.25, 0.3) is 11.5 Å². The molecule has 0 radical (unpaired) electrons. The second kappa shape index (κ2) is 9.03. The van der Waals surface area contributed by atoms with Crippen molar-refractivity contribution < 1.29 is 9.53 Å². The lowest BCUT2D eigenvalue weighted by Gasteiger charge is -2.36. The molecule has 0 bridgehead atoms. The maximum Gasteiger partial charge on any atom is 0.328 e. The van der Waals surface area contributed by atoms with Gasteiger partial charge in [-0.1, -0.05) is 17.7 Å². The van der Waals surface area contributed by atoms with Gasteiger partial charge in [-0.25, -0.2) is 4.79 Å². The number of carbonyl (C=O) groups excluding carboxylic acids is 1. The molecule has 8 nitrogen and oxygen atoms in total. The number of hydrogen-bond donors (Lipinski definition) is 1. The van der Waals surface area contributed by atoms with Gasteiger partial charge in [0.1, 0.15) is 0 Å². The number of nitrogens with zero attached hydrogens (tertiary/aromatic N) is 3. The van der Waals surface area contributed by atoms with Crippen LogP contribution in [-0.4, -0.2) is 59.2 Å². The highest BCUT2D eigenvalue weighted by Gasteiger charge is 2.24. The number of anilines is 1. The fraction of sp³-hybridized carbons (Fsp3) is 0.375. The molecule has 0 saturated carbocycles. The van der Waals surface area contributed by atoms with Crippen molar-refractivity contribution in [3.05, 3.63) is 73.9 Å². The van der Waals surface area contributed by atoms with E-state index in [-0.39, 0.29) is 24.1 Å². The van der Waals surface area contributed by atoms with Crippen LogP contribution in [0.15, 0.2) is 52.1 Å². The number of aromatic nitrogens is 2. The Morgan fingerprint density at radius 1 is 1.09 bits per heavy atom. The standard InChI is InChI=1S/C24H25ClN4O4/c25-17-3-1-4-18(14-17)27-8-10-28(11-9-27)22(30)16-6-7-20-21(13-16)26-24(32)29(23(20)31)15-19-5-2-12-33-19/h1,3-4,6-7,13-14,19H,2,5,8-12,15H2,(H,26,32)/t19-/m0/s1. The maximum atomic E-state index is 13.1. The van der Waals surface area contributed by atoms with Crippen molar-refractivity contribution in [3.8, 4) is 0 Å². The third-order valence-electron chi connectivity index (χ3n) is 6.38. The maximum absolute atomic E-state index is 13.1. The largest absolute Gasteiger partial charge is 0.376 e. The Morgan fingerprint density at radius 3 is 2.64 bits per heavy atom. The van der Waals surface area contributed by atoms with Gasteiger partial charge in [0.2, 0.25) is 0 Å². The van der Waals surface area contributed by atoms with Gasteiger partial charge >= 0.3 is 5.69 Å². The van der Waals surface area contributed by atoms with E-state index in [1.165, 1.54) is 4.57 Å². The summed E-state index contributed by atoms with van der Waals surface area (Å²) in [6.07, 6.45) is 1.65. The number of benzene rings is 2. The van der Waals surface area contributed by atoms with Crippen LogP contribution in [0.25, 0.3) is 10.9 Å². The smallest absolute Gasteiger partial charge is 0.328 e. The van der Waals surface area contributed by atoms with Crippen LogP contribution in [0.1, 0.15) is 23.2 Å². The zero-order valence-electron chi connectivity index (χ0n) is 18.1. The summed E-state index contributed by atoms with van der Waals surface area (Å²) in [5, 5.41) is 1.07.